The molecule has 1 aliphatic heterocycles. The van der Waals surface area contributed by atoms with E-state index < -0.39 is 15.3 Å². The third-order valence-electron chi connectivity index (χ3n) is 5.24. The van der Waals surface area contributed by atoms with Crippen molar-refractivity contribution in [3.8, 4) is 11.4 Å². The zero-order chi connectivity index (χ0) is 23.6. The molecule has 1 aromatic heterocycles. The summed E-state index contributed by atoms with van der Waals surface area (Å²) < 4.78 is 41.1. The Kier molecular flexibility index (Phi) is 6.68. The molecule has 0 radical (unpaired) electrons. The van der Waals surface area contributed by atoms with Crippen LogP contribution in [0.4, 0.5) is 10.1 Å². The fourth-order valence-electron chi connectivity index (χ4n) is 3.40. The van der Waals surface area contributed by atoms with Crippen LogP contribution in [0, 0.1) is 5.82 Å². The van der Waals surface area contributed by atoms with Gasteiger partial charge in [0.2, 0.25) is 21.1 Å². The largest absolute Gasteiger partial charge is 0.335 e. The van der Waals surface area contributed by atoms with Crippen LogP contribution in [-0.4, -0.2) is 51.8 Å². The topological polar surface area (TPSA) is 123 Å². The first-order chi connectivity index (χ1) is 15.8. The number of rotatable bonds is 7. The minimum Gasteiger partial charge on any atom is -0.335 e. The molecule has 1 fully saturated rings. The second-order valence-corrected chi connectivity index (χ2v) is 10.8. The number of aromatic nitrogens is 3. The summed E-state index contributed by atoms with van der Waals surface area (Å²) >= 11 is 1.12. The van der Waals surface area contributed by atoms with Crippen molar-refractivity contribution in [1.29, 1.82) is 0 Å². The van der Waals surface area contributed by atoms with E-state index in [1.807, 2.05) is 0 Å². The molecular weight excluding hydrogens is 467 g/mol. The Bertz CT molecular complexity index is 1240. The van der Waals surface area contributed by atoms with Gasteiger partial charge in [0.1, 0.15) is 5.82 Å². The zero-order valence-electron chi connectivity index (χ0n) is 17.8. The maximum absolute atomic E-state index is 13.1. The van der Waals surface area contributed by atoms with E-state index in [1.165, 1.54) is 33.2 Å². The van der Waals surface area contributed by atoms with Gasteiger partial charge in [-0.1, -0.05) is 11.8 Å². The van der Waals surface area contributed by atoms with E-state index in [0.29, 0.717) is 35.3 Å². The lowest BCUT2D eigenvalue weighted by Crippen LogP contribution is -2.28. The van der Waals surface area contributed by atoms with Crippen molar-refractivity contribution in [1.82, 2.24) is 19.2 Å². The third kappa shape index (κ3) is 5.02. The smallest absolute Gasteiger partial charge is 0.243 e. The lowest BCUT2D eigenvalue weighted by atomic mass is 10.2. The van der Waals surface area contributed by atoms with Crippen LogP contribution in [0.15, 0.2) is 58.6 Å². The molecule has 0 bridgehead atoms. The number of nitrogens with two attached hydrogens (primary N) is 1. The number of halogens is 1. The van der Waals surface area contributed by atoms with Gasteiger partial charge >= 0.3 is 0 Å². The van der Waals surface area contributed by atoms with Gasteiger partial charge in [0, 0.05) is 24.3 Å². The fourth-order valence-corrected chi connectivity index (χ4v) is 5.68. The summed E-state index contributed by atoms with van der Waals surface area (Å²) in [5.74, 6) is 5.74. The predicted molar refractivity (Wildman–Crippen MR) is 124 cm³/mol. The van der Waals surface area contributed by atoms with Gasteiger partial charge in [-0.3, -0.25) is 4.79 Å². The van der Waals surface area contributed by atoms with Crippen LogP contribution in [0.5, 0.6) is 0 Å². The molecule has 4 rings (SSSR count). The summed E-state index contributed by atoms with van der Waals surface area (Å²) in [6.45, 7) is 2.76. The molecule has 12 heteroatoms. The van der Waals surface area contributed by atoms with Gasteiger partial charge in [0.05, 0.1) is 10.1 Å². The van der Waals surface area contributed by atoms with Gasteiger partial charge in [0.15, 0.2) is 5.82 Å². The zero-order valence-corrected chi connectivity index (χ0v) is 19.4. The van der Waals surface area contributed by atoms with Crippen molar-refractivity contribution < 1.29 is 17.6 Å². The van der Waals surface area contributed by atoms with E-state index >= 15 is 0 Å². The maximum atomic E-state index is 13.1. The number of benzene rings is 2. The van der Waals surface area contributed by atoms with Crippen molar-refractivity contribution in [3.63, 3.8) is 0 Å². The van der Waals surface area contributed by atoms with Crippen LogP contribution < -0.4 is 11.2 Å². The quantitative estimate of drug-likeness (QED) is 0.386. The summed E-state index contributed by atoms with van der Waals surface area (Å²) in [7, 11) is -3.50. The Morgan fingerprint density at radius 2 is 1.73 bits per heavy atom. The molecule has 0 saturated carbocycles. The van der Waals surface area contributed by atoms with E-state index in [2.05, 4.69) is 15.5 Å². The standard InChI is InChI=1S/C21H23FN6O3S2/c1-14(32-21-26-25-19(28(21)23)15-4-6-16(22)7-5-15)20(29)24-17-8-10-18(11-9-17)33(30,31)27-12-2-3-13-27/h4-11,14H,2-3,12-13,23H2,1H3,(H,24,29)/t14-/m1/s1. The van der Waals surface area contributed by atoms with Crippen molar-refractivity contribution in [3.05, 3.63) is 54.3 Å². The van der Waals surface area contributed by atoms with E-state index in [-0.39, 0.29) is 16.6 Å². The molecule has 3 aromatic rings. The van der Waals surface area contributed by atoms with Gasteiger partial charge in [-0.25, -0.2) is 17.5 Å². The van der Waals surface area contributed by atoms with Crippen molar-refractivity contribution in [2.45, 2.75) is 35.1 Å². The van der Waals surface area contributed by atoms with Crippen LogP contribution in [0.25, 0.3) is 11.4 Å². The lowest BCUT2D eigenvalue weighted by molar-refractivity contribution is -0.115. The van der Waals surface area contributed by atoms with E-state index in [4.69, 9.17) is 5.84 Å². The van der Waals surface area contributed by atoms with Gasteiger partial charge < -0.3 is 11.2 Å². The second-order valence-electron chi connectivity index (χ2n) is 7.57. The minimum atomic E-state index is -3.50. The fraction of sp³-hybridized carbons (Fsp3) is 0.286. The molecule has 2 aromatic carbocycles. The number of nitrogens with one attached hydrogen (secondary N) is 1. The van der Waals surface area contributed by atoms with Gasteiger partial charge in [-0.05, 0) is 68.3 Å². The highest BCUT2D eigenvalue weighted by atomic mass is 32.2. The summed E-state index contributed by atoms with van der Waals surface area (Å²) in [5, 5.41) is 10.6. The number of hydrogen-bond acceptors (Lipinski definition) is 7. The molecule has 0 unspecified atom stereocenters. The number of sulfonamides is 1. The number of amides is 1. The molecule has 2 heterocycles. The number of nitrogen functional groups attached to an aromatic ring is 1. The first-order valence-corrected chi connectivity index (χ1v) is 12.6. The first kappa shape index (κ1) is 23.2. The molecule has 1 saturated heterocycles. The van der Waals surface area contributed by atoms with Gasteiger partial charge in [-0.15, -0.1) is 10.2 Å². The Balaban J connectivity index is 1.39. The Morgan fingerprint density at radius 3 is 2.36 bits per heavy atom. The van der Waals surface area contributed by atoms with E-state index in [9.17, 15) is 17.6 Å². The molecule has 0 spiro atoms. The van der Waals surface area contributed by atoms with Crippen LogP contribution in [0.2, 0.25) is 0 Å². The summed E-state index contributed by atoms with van der Waals surface area (Å²) in [6, 6.07) is 11.8. The number of nitrogens with zero attached hydrogens (tertiary/aromatic N) is 4. The van der Waals surface area contributed by atoms with Crippen LogP contribution >= 0.6 is 11.8 Å². The average Bonchev–Trinajstić information content (AvgIpc) is 3.46. The SMILES string of the molecule is C[C@@H](Sc1nnc(-c2ccc(F)cc2)n1N)C(=O)Nc1ccc(S(=O)(=O)N2CCCC2)cc1. The Labute approximate surface area is 195 Å². The normalized spacial score (nSPS) is 15.5. The van der Waals surface area contributed by atoms with Gasteiger partial charge in [0.25, 0.3) is 0 Å². The Morgan fingerprint density at radius 1 is 1.09 bits per heavy atom. The molecule has 33 heavy (non-hydrogen) atoms. The van der Waals surface area contributed by atoms with Crippen molar-refractivity contribution in [2.75, 3.05) is 24.2 Å². The molecular formula is C21H23FN6O3S2. The highest BCUT2D eigenvalue weighted by molar-refractivity contribution is 8.00. The number of carbonyl (C=O) groups is 1. The molecule has 1 aliphatic rings. The van der Waals surface area contributed by atoms with Crippen molar-refractivity contribution >= 4 is 33.4 Å². The molecule has 3 N–H and O–H groups in total. The molecule has 174 valence electrons. The highest BCUT2D eigenvalue weighted by Crippen LogP contribution is 2.26. The highest BCUT2D eigenvalue weighted by Gasteiger charge is 2.27. The number of anilines is 1. The minimum absolute atomic E-state index is 0.203. The monoisotopic (exact) mass is 490 g/mol. The molecule has 9 nitrogen and oxygen atoms in total. The average molecular weight is 491 g/mol. The summed E-state index contributed by atoms with van der Waals surface area (Å²) in [4.78, 5) is 12.8. The maximum Gasteiger partial charge on any atom is 0.243 e. The summed E-state index contributed by atoms with van der Waals surface area (Å²) in [5.41, 5.74) is 1.08. The molecule has 1 amide bonds. The Hall–Kier alpha value is -2.96. The first-order valence-electron chi connectivity index (χ1n) is 10.3. The second kappa shape index (κ2) is 9.49. The van der Waals surface area contributed by atoms with Crippen LogP contribution in [-0.2, 0) is 14.8 Å². The molecule has 0 aliphatic carbocycles. The number of hydrogen-bond donors (Lipinski definition) is 2. The van der Waals surface area contributed by atoms with Gasteiger partial charge in [-0.2, -0.15) is 4.31 Å². The van der Waals surface area contributed by atoms with Crippen LogP contribution in [0.3, 0.4) is 0 Å². The van der Waals surface area contributed by atoms with E-state index in [1.54, 1.807) is 31.2 Å². The number of thioether (sulfide) groups is 1. The van der Waals surface area contributed by atoms with Crippen molar-refractivity contribution in [2.24, 2.45) is 0 Å². The van der Waals surface area contributed by atoms with Crippen LogP contribution in [0.1, 0.15) is 19.8 Å². The molecule has 1 atom stereocenters. The third-order valence-corrected chi connectivity index (χ3v) is 8.21. The van der Waals surface area contributed by atoms with E-state index in [0.717, 1.165) is 24.6 Å². The number of carbonyl (C=O) groups excluding carboxylic acids is 1. The lowest BCUT2D eigenvalue weighted by Gasteiger charge is -2.16. The summed E-state index contributed by atoms with van der Waals surface area (Å²) in [6.07, 6.45) is 1.73. The predicted octanol–water partition coefficient (Wildman–Crippen LogP) is 2.70.